The molecule has 2 aliphatic rings. The molecule has 0 atom stereocenters. The van der Waals surface area contributed by atoms with Crippen molar-refractivity contribution in [3.8, 4) is 78.7 Å². The molecule has 4 heteroatoms. The Balaban J connectivity index is 1.08. The van der Waals surface area contributed by atoms with Crippen molar-refractivity contribution in [2.24, 2.45) is 0 Å². The molecule has 0 aliphatic heterocycles. The van der Waals surface area contributed by atoms with Gasteiger partial charge in [-0.15, -0.1) is 0 Å². The van der Waals surface area contributed by atoms with E-state index in [4.69, 9.17) is 15.0 Å². The Kier molecular flexibility index (Phi) is 8.07. The third kappa shape index (κ3) is 5.66. The van der Waals surface area contributed by atoms with Gasteiger partial charge >= 0.3 is 0 Å². The number of rotatable bonds is 6. The first-order chi connectivity index (χ1) is 28.9. The van der Waals surface area contributed by atoms with Crippen LogP contribution in [0.2, 0.25) is 19.6 Å². The van der Waals surface area contributed by atoms with Crippen molar-refractivity contribution in [1.82, 2.24) is 15.0 Å². The smallest absolute Gasteiger partial charge is 0.164 e. The van der Waals surface area contributed by atoms with E-state index in [0.29, 0.717) is 17.5 Å². The number of aromatic nitrogens is 3. The Morgan fingerprint density at radius 2 is 0.695 bits per heavy atom. The van der Waals surface area contributed by atoms with Gasteiger partial charge in [0, 0.05) is 16.7 Å². The summed E-state index contributed by atoms with van der Waals surface area (Å²) in [6.07, 6.45) is 0. The standard InChI is InChI=1S/C55H41N3Si/c1-59(2,3)43-29-25-36(26-30-43)40-27-31-46-47-32-28-41(35-51(47)55(50(46)34-40)48-23-12-10-21-44(48)45-22-11-13-24-49(45)55)39-19-14-20-42(33-39)54-57-52(37-15-6-4-7-16-37)56-53(58-54)38-17-8-5-9-18-38/h4-35H,1-3H3. The molecule has 0 unspecified atom stereocenters. The minimum Gasteiger partial charge on any atom is -0.208 e. The second-order valence-corrected chi connectivity index (χ2v) is 21.9. The zero-order chi connectivity index (χ0) is 39.7. The fourth-order valence-corrected chi connectivity index (χ4v) is 10.6. The number of hydrogen-bond acceptors (Lipinski definition) is 3. The second kappa shape index (κ2) is 13.5. The molecule has 0 saturated heterocycles. The molecule has 0 bridgehead atoms. The average molecular weight is 772 g/mol. The summed E-state index contributed by atoms with van der Waals surface area (Å²) >= 11 is 0. The summed E-state index contributed by atoms with van der Waals surface area (Å²) < 4.78 is 0. The van der Waals surface area contributed by atoms with E-state index in [2.05, 4.69) is 177 Å². The number of benzene rings is 8. The number of fused-ring (bicyclic) bond motifs is 10. The largest absolute Gasteiger partial charge is 0.208 e. The second-order valence-electron chi connectivity index (χ2n) is 16.8. The molecular weight excluding hydrogens is 731 g/mol. The first kappa shape index (κ1) is 35.2. The van der Waals surface area contributed by atoms with E-state index in [1.54, 1.807) is 0 Å². The molecule has 0 N–H and O–H groups in total. The summed E-state index contributed by atoms with van der Waals surface area (Å²) in [6, 6.07) is 70.7. The molecule has 0 amide bonds. The van der Waals surface area contributed by atoms with Crippen LogP contribution in [0.4, 0.5) is 0 Å². The average Bonchev–Trinajstić information content (AvgIpc) is 3.76. The van der Waals surface area contributed by atoms with Crippen LogP contribution in [0, 0.1) is 0 Å². The lowest BCUT2D eigenvalue weighted by Crippen LogP contribution is -2.37. The highest BCUT2D eigenvalue weighted by atomic mass is 28.3. The third-order valence-electron chi connectivity index (χ3n) is 12.3. The van der Waals surface area contributed by atoms with Crippen molar-refractivity contribution in [2.45, 2.75) is 25.1 Å². The number of nitrogens with zero attached hydrogens (tertiary/aromatic N) is 3. The molecule has 1 spiro atoms. The molecular formula is C55H41N3Si. The highest BCUT2D eigenvalue weighted by Gasteiger charge is 2.51. The van der Waals surface area contributed by atoms with Crippen molar-refractivity contribution in [2.75, 3.05) is 0 Å². The Morgan fingerprint density at radius 1 is 0.305 bits per heavy atom. The summed E-state index contributed by atoms with van der Waals surface area (Å²) in [5, 5.41) is 1.48. The van der Waals surface area contributed by atoms with E-state index >= 15 is 0 Å². The van der Waals surface area contributed by atoms with E-state index in [0.717, 1.165) is 27.8 Å². The van der Waals surface area contributed by atoms with Crippen LogP contribution >= 0.6 is 0 Å². The van der Waals surface area contributed by atoms with Gasteiger partial charge in [0.1, 0.15) is 0 Å². The van der Waals surface area contributed by atoms with Crippen LogP contribution < -0.4 is 5.19 Å². The summed E-state index contributed by atoms with van der Waals surface area (Å²) in [7, 11) is -1.42. The van der Waals surface area contributed by atoms with Crippen LogP contribution in [0.5, 0.6) is 0 Å². The van der Waals surface area contributed by atoms with Crippen LogP contribution in [0.25, 0.3) is 78.7 Å². The molecule has 59 heavy (non-hydrogen) atoms. The van der Waals surface area contributed by atoms with Gasteiger partial charge in [-0.1, -0.05) is 201 Å². The van der Waals surface area contributed by atoms with Crippen molar-refractivity contribution in [3.63, 3.8) is 0 Å². The van der Waals surface area contributed by atoms with Crippen LogP contribution in [0.3, 0.4) is 0 Å². The van der Waals surface area contributed by atoms with Gasteiger partial charge in [-0.3, -0.25) is 0 Å². The van der Waals surface area contributed by atoms with Gasteiger partial charge in [0.05, 0.1) is 13.5 Å². The van der Waals surface area contributed by atoms with E-state index in [1.165, 1.54) is 60.8 Å². The zero-order valence-corrected chi connectivity index (χ0v) is 34.3. The monoisotopic (exact) mass is 771 g/mol. The maximum absolute atomic E-state index is 5.06. The Morgan fingerprint density at radius 3 is 1.22 bits per heavy atom. The van der Waals surface area contributed by atoms with Crippen molar-refractivity contribution in [3.05, 3.63) is 216 Å². The molecule has 0 saturated carbocycles. The lowest BCUT2D eigenvalue weighted by atomic mass is 9.70. The van der Waals surface area contributed by atoms with E-state index in [-0.39, 0.29) is 0 Å². The van der Waals surface area contributed by atoms with Crippen molar-refractivity contribution < 1.29 is 0 Å². The topological polar surface area (TPSA) is 38.7 Å². The molecule has 2 aliphatic carbocycles. The quantitative estimate of drug-likeness (QED) is 0.158. The van der Waals surface area contributed by atoms with Gasteiger partial charge in [-0.05, 0) is 85.0 Å². The highest BCUT2D eigenvalue weighted by molar-refractivity contribution is 6.88. The Hall–Kier alpha value is -7.01. The first-order valence-corrected chi connectivity index (χ1v) is 23.9. The molecule has 280 valence electrons. The minimum absolute atomic E-state index is 0.469. The van der Waals surface area contributed by atoms with Gasteiger partial charge < -0.3 is 0 Å². The van der Waals surface area contributed by atoms with Crippen LogP contribution in [-0.2, 0) is 5.41 Å². The van der Waals surface area contributed by atoms with E-state index < -0.39 is 13.5 Å². The van der Waals surface area contributed by atoms with Crippen LogP contribution in [0.15, 0.2) is 194 Å². The molecule has 0 fully saturated rings. The predicted molar refractivity (Wildman–Crippen MR) is 246 cm³/mol. The maximum Gasteiger partial charge on any atom is 0.164 e. The van der Waals surface area contributed by atoms with Crippen LogP contribution in [-0.4, -0.2) is 23.0 Å². The first-order valence-electron chi connectivity index (χ1n) is 20.4. The van der Waals surface area contributed by atoms with E-state index in [9.17, 15) is 0 Å². The molecule has 3 nitrogen and oxygen atoms in total. The normalized spacial score (nSPS) is 13.1. The van der Waals surface area contributed by atoms with Crippen molar-refractivity contribution in [1.29, 1.82) is 0 Å². The Bertz CT molecular complexity index is 2970. The van der Waals surface area contributed by atoms with Gasteiger partial charge in [0.15, 0.2) is 17.5 Å². The fourth-order valence-electron chi connectivity index (χ4n) is 9.44. The summed E-state index contributed by atoms with van der Waals surface area (Å²) in [6.45, 7) is 7.23. The van der Waals surface area contributed by atoms with E-state index in [1.807, 2.05) is 36.4 Å². The Labute approximate surface area is 346 Å². The summed E-state index contributed by atoms with van der Waals surface area (Å²) in [5.74, 6) is 1.96. The van der Waals surface area contributed by atoms with Crippen LogP contribution in [0.1, 0.15) is 22.3 Å². The SMILES string of the molecule is C[Si](C)(C)c1ccc(-c2ccc3c(c2)C2(c4ccccc4-c4ccccc42)c2cc(-c4cccc(-c5nc(-c6ccccc6)nc(-c6ccccc6)n5)c4)ccc2-3)cc1. The molecule has 0 radical (unpaired) electrons. The lowest BCUT2D eigenvalue weighted by Gasteiger charge is -2.31. The highest BCUT2D eigenvalue weighted by Crippen LogP contribution is 2.63. The zero-order valence-electron chi connectivity index (χ0n) is 33.3. The predicted octanol–water partition coefficient (Wildman–Crippen LogP) is 13.1. The third-order valence-corrected chi connectivity index (χ3v) is 14.4. The lowest BCUT2D eigenvalue weighted by molar-refractivity contribution is 0.794. The van der Waals surface area contributed by atoms with Gasteiger partial charge in [0.25, 0.3) is 0 Å². The molecule has 1 aromatic heterocycles. The summed E-state index contributed by atoms with van der Waals surface area (Å²) in [5.41, 5.74) is 17.7. The maximum atomic E-state index is 5.06. The number of hydrogen-bond donors (Lipinski definition) is 0. The molecule has 9 aromatic rings. The molecule has 1 heterocycles. The minimum atomic E-state index is -1.42. The van der Waals surface area contributed by atoms with Gasteiger partial charge in [0.2, 0.25) is 0 Å². The van der Waals surface area contributed by atoms with Gasteiger partial charge in [-0.25, -0.2) is 15.0 Å². The molecule has 8 aromatic carbocycles. The van der Waals surface area contributed by atoms with Crippen molar-refractivity contribution >= 4 is 13.3 Å². The summed E-state index contributed by atoms with van der Waals surface area (Å²) in [4.78, 5) is 15.0. The molecule has 11 rings (SSSR count). The van der Waals surface area contributed by atoms with Gasteiger partial charge in [-0.2, -0.15) is 0 Å². The fraction of sp³-hybridized carbons (Fsp3) is 0.0727.